The van der Waals surface area contributed by atoms with Crippen LogP contribution in [-0.4, -0.2) is 12.6 Å². The third-order valence-corrected chi connectivity index (χ3v) is 3.58. The molecule has 92 valence electrons. The van der Waals surface area contributed by atoms with E-state index in [-0.39, 0.29) is 0 Å². The van der Waals surface area contributed by atoms with Crippen LogP contribution in [-0.2, 0) is 0 Å². The quantitative estimate of drug-likeness (QED) is 0.811. The topological polar surface area (TPSA) is 21.3 Å². The molecule has 2 saturated carbocycles. The Morgan fingerprint density at radius 1 is 1.18 bits per heavy atom. The van der Waals surface area contributed by atoms with Gasteiger partial charge < -0.3 is 10.1 Å². The SMILES string of the molecule is CCNC(c1ccc(OC2CC2)cc1)C1CC1. The molecular formula is C15H21NO. The van der Waals surface area contributed by atoms with Crippen LogP contribution in [0.3, 0.4) is 0 Å². The van der Waals surface area contributed by atoms with Gasteiger partial charge in [-0.2, -0.15) is 0 Å². The Kier molecular flexibility index (Phi) is 3.06. The molecule has 0 saturated heterocycles. The first-order chi connectivity index (χ1) is 8.36. The molecule has 0 aliphatic heterocycles. The second kappa shape index (κ2) is 4.69. The van der Waals surface area contributed by atoms with Gasteiger partial charge in [0.05, 0.1) is 6.10 Å². The van der Waals surface area contributed by atoms with Crippen molar-refractivity contribution in [2.24, 2.45) is 5.92 Å². The van der Waals surface area contributed by atoms with E-state index in [1.165, 1.54) is 31.2 Å². The van der Waals surface area contributed by atoms with E-state index in [0.717, 1.165) is 18.2 Å². The highest BCUT2D eigenvalue weighted by Crippen LogP contribution is 2.41. The van der Waals surface area contributed by atoms with E-state index < -0.39 is 0 Å². The van der Waals surface area contributed by atoms with Crippen LogP contribution in [0.15, 0.2) is 24.3 Å². The fourth-order valence-corrected chi connectivity index (χ4v) is 2.34. The Morgan fingerprint density at radius 3 is 2.41 bits per heavy atom. The van der Waals surface area contributed by atoms with Gasteiger partial charge in [-0.05, 0) is 55.8 Å². The summed E-state index contributed by atoms with van der Waals surface area (Å²) in [5.41, 5.74) is 1.41. The van der Waals surface area contributed by atoms with Crippen molar-refractivity contribution in [3.8, 4) is 5.75 Å². The summed E-state index contributed by atoms with van der Waals surface area (Å²) in [6, 6.07) is 9.25. The summed E-state index contributed by atoms with van der Waals surface area (Å²) < 4.78 is 5.78. The Hall–Kier alpha value is -1.02. The van der Waals surface area contributed by atoms with E-state index in [4.69, 9.17) is 4.74 Å². The van der Waals surface area contributed by atoms with Crippen molar-refractivity contribution >= 4 is 0 Å². The van der Waals surface area contributed by atoms with Crippen molar-refractivity contribution < 1.29 is 4.74 Å². The molecule has 2 fully saturated rings. The molecule has 0 heterocycles. The van der Waals surface area contributed by atoms with Crippen LogP contribution in [0, 0.1) is 5.92 Å². The van der Waals surface area contributed by atoms with E-state index in [0.29, 0.717) is 12.1 Å². The summed E-state index contributed by atoms with van der Waals surface area (Å²) in [6.45, 7) is 3.22. The number of hydrogen-bond acceptors (Lipinski definition) is 2. The van der Waals surface area contributed by atoms with Gasteiger partial charge in [0, 0.05) is 6.04 Å². The maximum Gasteiger partial charge on any atom is 0.119 e. The highest BCUT2D eigenvalue weighted by atomic mass is 16.5. The summed E-state index contributed by atoms with van der Waals surface area (Å²) in [5.74, 6) is 1.88. The van der Waals surface area contributed by atoms with Gasteiger partial charge in [0.15, 0.2) is 0 Å². The van der Waals surface area contributed by atoms with Crippen molar-refractivity contribution in [3.05, 3.63) is 29.8 Å². The van der Waals surface area contributed by atoms with Crippen LogP contribution >= 0.6 is 0 Å². The molecule has 17 heavy (non-hydrogen) atoms. The molecule has 0 bridgehead atoms. The monoisotopic (exact) mass is 231 g/mol. The zero-order valence-corrected chi connectivity index (χ0v) is 10.5. The predicted molar refractivity (Wildman–Crippen MR) is 69.2 cm³/mol. The number of nitrogens with one attached hydrogen (secondary N) is 1. The summed E-state index contributed by atoms with van der Waals surface area (Å²) in [7, 11) is 0. The lowest BCUT2D eigenvalue weighted by Gasteiger charge is -2.18. The number of benzene rings is 1. The molecule has 1 unspecified atom stereocenters. The molecule has 3 rings (SSSR count). The smallest absolute Gasteiger partial charge is 0.119 e. The van der Waals surface area contributed by atoms with E-state index in [1.807, 2.05) is 0 Å². The van der Waals surface area contributed by atoms with Crippen molar-refractivity contribution in [2.75, 3.05) is 6.54 Å². The molecule has 2 aliphatic rings. The van der Waals surface area contributed by atoms with Crippen molar-refractivity contribution in [1.82, 2.24) is 5.32 Å². The molecule has 0 radical (unpaired) electrons. The van der Waals surface area contributed by atoms with Crippen LogP contribution in [0.4, 0.5) is 0 Å². The minimum atomic E-state index is 0.494. The van der Waals surface area contributed by atoms with Crippen LogP contribution in [0.5, 0.6) is 5.75 Å². The number of ether oxygens (including phenoxy) is 1. The molecular weight excluding hydrogens is 210 g/mol. The fraction of sp³-hybridized carbons (Fsp3) is 0.600. The highest BCUT2D eigenvalue weighted by molar-refractivity contribution is 5.30. The Balaban J connectivity index is 1.68. The summed E-state index contributed by atoms with van der Waals surface area (Å²) in [4.78, 5) is 0. The highest BCUT2D eigenvalue weighted by Gasteiger charge is 2.31. The normalized spacial score (nSPS) is 21.2. The largest absolute Gasteiger partial charge is 0.490 e. The van der Waals surface area contributed by atoms with Gasteiger partial charge >= 0.3 is 0 Å². The van der Waals surface area contributed by atoms with E-state index in [1.54, 1.807) is 0 Å². The lowest BCUT2D eigenvalue weighted by Crippen LogP contribution is -2.22. The van der Waals surface area contributed by atoms with Crippen LogP contribution in [0.1, 0.15) is 44.2 Å². The van der Waals surface area contributed by atoms with Gasteiger partial charge in [0.1, 0.15) is 5.75 Å². The minimum absolute atomic E-state index is 0.494. The molecule has 1 aromatic rings. The van der Waals surface area contributed by atoms with Gasteiger partial charge in [0.2, 0.25) is 0 Å². The fourth-order valence-electron chi connectivity index (χ4n) is 2.34. The summed E-state index contributed by atoms with van der Waals surface area (Å²) in [5, 5.41) is 3.59. The second-order valence-electron chi connectivity index (χ2n) is 5.26. The molecule has 1 aromatic carbocycles. The first kappa shape index (κ1) is 11.1. The molecule has 2 heteroatoms. The van der Waals surface area contributed by atoms with Gasteiger partial charge in [0.25, 0.3) is 0 Å². The van der Waals surface area contributed by atoms with Crippen molar-refractivity contribution in [2.45, 2.75) is 44.8 Å². The Morgan fingerprint density at radius 2 is 1.88 bits per heavy atom. The van der Waals surface area contributed by atoms with Crippen molar-refractivity contribution in [1.29, 1.82) is 0 Å². The molecule has 2 aliphatic carbocycles. The number of rotatable bonds is 6. The Labute approximate surface area is 103 Å². The molecule has 0 spiro atoms. The van der Waals surface area contributed by atoms with E-state index >= 15 is 0 Å². The molecule has 0 aromatic heterocycles. The summed E-state index contributed by atoms with van der Waals surface area (Å²) >= 11 is 0. The molecule has 0 amide bonds. The first-order valence-electron chi connectivity index (χ1n) is 6.87. The first-order valence-corrected chi connectivity index (χ1v) is 6.87. The zero-order chi connectivity index (χ0) is 11.7. The Bertz CT molecular complexity index is 365. The molecule has 1 atom stereocenters. The average Bonchev–Trinajstić information content (AvgIpc) is 3.21. The van der Waals surface area contributed by atoms with E-state index in [2.05, 4.69) is 36.5 Å². The van der Waals surface area contributed by atoms with Gasteiger partial charge in [-0.15, -0.1) is 0 Å². The van der Waals surface area contributed by atoms with Crippen LogP contribution in [0.2, 0.25) is 0 Å². The molecule has 1 N–H and O–H groups in total. The lowest BCUT2D eigenvalue weighted by molar-refractivity contribution is 0.303. The minimum Gasteiger partial charge on any atom is -0.490 e. The maximum absolute atomic E-state index is 5.78. The summed E-state index contributed by atoms with van der Waals surface area (Å²) in [6.07, 6.45) is 5.69. The van der Waals surface area contributed by atoms with Crippen LogP contribution < -0.4 is 10.1 Å². The predicted octanol–water partition coefficient (Wildman–Crippen LogP) is 3.29. The van der Waals surface area contributed by atoms with Gasteiger partial charge in [-0.3, -0.25) is 0 Å². The van der Waals surface area contributed by atoms with Crippen molar-refractivity contribution in [3.63, 3.8) is 0 Å². The van der Waals surface area contributed by atoms with Gasteiger partial charge in [-0.1, -0.05) is 19.1 Å². The lowest BCUT2D eigenvalue weighted by atomic mass is 10.0. The third-order valence-electron chi connectivity index (χ3n) is 3.58. The second-order valence-corrected chi connectivity index (χ2v) is 5.26. The van der Waals surface area contributed by atoms with Gasteiger partial charge in [-0.25, -0.2) is 0 Å². The maximum atomic E-state index is 5.78. The van der Waals surface area contributed by atoms with Crippen LogP contribution in [0.25, 0.3) is 0 Å². The molecule has 2 nitrogen and oxygen atoms in total. The van der Waals surface area contributed by atoms with E-state index in [9.17, 15) is 0 Å². The number of hydrogen-bond donors (Lipinski definition) is 1. The standard InChI is InChI=1S/C15H21NO/c1-2-16-15(11-3-4-11)12-5-7-13(8-6-12)17-14-9-10-14/h5-8,11,14-16H,2-4,9-10H2,1H3. The third kappa shape index (κ3) is 2.81. The average molecular weight is 231 g/mol. The zero-order valence-electron chi connectivity index (χ0n) is 10.5.